The molecule has 0 amide bonds. The Labute approximate surface area is 187 Å². The Bertz CT molecular complexity index is 799. The van der Waals surface area contributed by atoms with Crippen LogP contribution in [0.1, 0.15) is 54.5 Å². The summed E-state index contributed by atoms with van der Waals surface area (Å²) < 4.78 is 5.20. The van der Waals surface area contributed by atoms with E-state index >= 15 is 0 Å². The minimum atomic E-state index is -0.0713. The monoisotopic (exact) mass is 448 g/mol. The second-order valence-electron chi connectivity index (χ2n) is 7.42. The number of aryl methyl sites for hydroxylation is 2. The molecule has 3 heterocycles. The maximum Gasteiger partial charge on any atom is 0.310 e. The van der Waals surface area contributed by atoms with E-state index in [0.29, 0.717) is 13.2 Å². The van der Waals surface area contributed by atoms with Gasteiger partial charge in [-0.3, -0.25) is 9.69 Å². The first kappa shape index (κ1) is 23.0. The van der Waals surface area contributed by atoms with Crippen LogP contribution in [0.4, 0.5) is 0 Å². The number of nitrogens with zero attached hydrogens (tertiary/aromatic N) is 2. The Hall–Kier alpha value is -1.70. The summed E-state index contributed by atoms with van der Waals surface area (Å²) in [4.78, 5) is 22.6. The van der Waals surface area contributed by atoms with Crippen LogP contribution in [-0.2, 0) is 27.2 Å². The van der Waals surface area contributed by atoms with Crippen molar-refractivity contribution in [2.75, 3.05) is 32.8 Å². The van der Waals surface area contributed by atoms with E-state index in [4.69, 9.17) is 9.57 Å². The standard InChI is InChI=1S/C23H32N2O3S2/c1-4-17-9-14-29-21(17)20(22-18(5-2)10-15-30-22)24-28-13-12-25-11-7-8-19(16-25)23(26)27-6-3/h9-10,14-15,19H,4-8,11-13,16H2,1-3H3/t19-/m1/s1. The predicted octanol–water partition coefficient (Wildman–Crippen LogP) is 4.98. The largest absolute Gasteiger partial charge is 0.466 e. The number of ether oxygens (including phenoxy) is 1. The fourth-order valence-corrected chi connectivity index (χ4v) is 5.85. The molecule has 0 radical (unpaired) electrons. The lowest BCUT2D eigenvalue weighted by Crippen LogP contribution is -2.40. The quantitative estimate of drug-likeness (QED) is 0.223. The molecule has 7 heteroatoms. The van der Waals surface area contributed by atoms with Gasteiger partial charge in [-0.2, -0.15) is 0 Å². The Morgan fingerprint density at radius 1 is 1.13 bits per heavy atom. The van der Waals surface area contributed by atoms with Crippen LogP contribution in [0.25, 0.3) is 0 Å². The molecule has 1 saturated heterocycles. The average Bonchev–Trinajstić information content (AvgIpc) is 3.43. The van der Waals surface area contributed by atoms with Gasteiger partial charge in [0.05, 0.1) is 22.3 Å². The normalized spacial score (nSPS) is 17.0. The van der Waals surface area contributed by atoms with E-state index in [2.05, 4.69) is 46.8 Å². The average molecular weight is 449 g/mol. The number of likely N-dealkylation sites (tertiary alicyclic amines) is 1. The first-order valence-corrected chi connectivity index (χ1v) is 12.7. The van der Waals surface area contributed by atoms with Crippen LogP contribution in [0.3, 0.4) is 0 Å². The third-order valence-electron chi connectivity index (χ3n) is 5.47. The molecule has 164 valence electrons. The van der Waals surface area contributed by atoms with Gasteiger partial charge in [0.2, 0.25) is 0 Å². The van der Waals surface area contributed by atoms with Crippen LogP contribution in [0.2, 0.25) is 0 Å². The van der Waals surface area contributed by atoms with Gasteiger partial charge in [-0.25, -0.2) is 0 Å². The number of hydrogen-bond acceptors (Lipinski definition) is 7. The molecule has 0 saturated carbocycles. The highest BCUT2D eigenvalue weighted by Gasteiger charge is 2.26. The second kappa shape index (κ2) is 11.6. The molecule has 0 unspecified atom stereocenters. The van der Waals surface area contributed by atoms with Crippen molar-refractivity contribution in [2.24, 2.45) is 11.1 Å². The molecule has 0 aromatic carbocycles. The molecule has 5 nitrogen and oxygen atoms in total. The van der Waals surface area contributed by atoms with Crippen LogP contribution in [-0.4, -0.2) is 49.4 Å². The lowest BCUT2D eigenvalue weighted by Gasteiger charge is -2.30. The van der Waals surface area contributed by atoms with E-state index in [1.165, 1.54) is 20.9 Å². The van der Waals surface area contributed by atoms with E-state index in [1.54, 1.807) is 22.7 Å². The number of carbonyl (C=O) groups is 1. The van der Waals surface area contributed by atoms with Crippen LogP contribution in [0.5, 0.6) is 0 Å². The Morgan fingerprint density at radius 3 is 2.40 bits per heavy atom. The van der Waals surface area contributed by atoms with Gasteiger partial charge in [-0.05, 0) is 73.2 Å². The smallest absolute Gasteiger partial charge is 0.310 e. The lowest BCUT2D eigenvalue weighted by molar-refractivity contribution is -0.150. The van der Waals surface area contributed by atoms with Gasteiger partial charge >= 0.3 is 5.97 Å². The van der Waals surface area contributed by atoms with E-state index < -0.39 is 0 Å². The zero-order valence-electron chi connectivity index (χ0n) is 18.2. The molecule has 1 aliphatic rings. The Morgan fingerprint density at radius 2 is 1.80 bits per heavy atom. The molecule has 0 spiro atoms. The first-order valence-electron chi connectivity index (χ1n) is 10.9. The zero-order chi connectivity index (χ0) is 21.3. The number of esters is 1. The van der Waals surface area contributed by atoms with Crippen molar-refractivity contribution in [3.05, 3.63) is 43.8 Å². The lowest BCUT2D eigenvalue weighted by atomic mass is 9.98. The van der Waals surface area contributed by atoms with E-state index in [0.717, 1.165) is 51.0 Å². The maximum atomic E-state index is 12.0. The van der Waals surface area contributed by atoms with Gasteiger partial charge in [0, 0.05) is 13.1 Å². The third kappa shape index (κ3) is 5.71. The van der Waals surface area contributed by atoms with Gasteiger partial charge in [-0.1, -0.05) is 19.0 Å². The topological polar surface area (TPSA) is 51.1 Å². The number of carbonyl (C=O) groups excluding carboxylic acids is 1. The molecular weight excluding hydrogens is 416 g/mol. The highest BCUT2D eigenvalue weighted by Crippen LogP contribution is 2.28. The summed E-state index contributed by atoms with van der Waals surface area (Å²) >= 11 is 3.46. The maximum absolute atomic E-state index is 12.0. The Kier molecular flexibility index (Phi) is 8.90. The van der Waals surface area contributed by atoms with Gasteiger partial charge in [0.25, 0.3) is 0 Å². The zero-order valence-corrected chi connectivity index (χ0v) is 19.8. The summed E-state index contributed by atoms with van der Waals surface area (Å²) in [6.07, 6.45) is 3.89. The van der Waals surface area contributed by atoms with E-state index in [1.807, 2.05) is 6.92 Å². The molecule has 2 aromatic heterocycles. The summed E-state index contributed by atoms with van der Waals surface area (Å²) in [5.41, 5.74) is 3.58. The number of piperidine rings is 1. The van der Waals surface area contributed by atoms with Gasteiger partial charge in [0.15, 0.2) is 0 Å². The molecule has 0 N–H and O–H groups in total. The van der Waals surface area contributed by atoms with Gasteiger partial charge < -0.3 is 9.57 Å². The molecule has 1 aliphatic heterocycles. The van der Waals surface area contributed by atoms with Crippen molar-refractivity contribution >= 4 is 34.4 Å². The van der Waals surface area contributed by atoms with Crippen LogP contribution < -0.4 is 0 Å². The molecule has 0 aliphatic carbocycles. The Balaban J connectivity index is 1.65. The molecule has 30 heavy (non-hydrogen) atoms. The summed E-state index contributed by atoms with van der Waals surface area (Å²) in [7, 11) is 0. The fraction of sp³-hybridized carbons (Fsp3) is 0.565. The molecule has 2 aromatic rings. The molecule has 1 atom stereocenters. The fourth-order valence-electron chi connectivity index (χ4n) is 3.82. The number of rotatable bonds is 10. The van der Waals surface area contributed by atoms with Crippen LogP contribution in [0.15, 0.2) is 28.0 Å². The minimum absolute atomic E-state index is 0.0192. The van der Waals surface area contributed by atoms with Crippen LogP contribution >= 0.6 is 22.7 Å². The predicted molar refractivity (Wildman–Crippen MR) is 125 cm³/mol. The van der Waals surface area contributed by atoms with Crippen molar-refractivity contribution in [1.29, 1.82) is 0 Å². The minimum Gasteiger partial charge on any atom is -0.466 e. The second-order valence-corrected chi connectivity index (χ2v) is 9.25. The van der Waals surface area contributed by atoms with Gasteiger partial charge in [0.1, 0.15) is 12.3 Å². The molecule has 0 bridgehead atoms. The van der Waals surface area contributed by atoms with Crippen molar-refractivity contribution in [2.45, 2.75) is 46.5 Å². The molecule has 3 rings (SSSR count). The summed E-state index contributed by atoms with van der Waals surface area (Å²) in [5.74, 6) is -0.0905. The van der Waals surface area contributed by atoms with Crippen molar-refractivity contribution in [1.82, 2.24) is 4.90 Å². The van der Waals surface area contributed by atoms with Crippen molar-refractivity contribution in [3.8, 4) is 0 Å². The number of hydrogen-bond donors (Lipinski definition) is 0. The highest BCUT2D eigenvalue weighted by molar-refractivity contribution is 7.16. The summed E-state index contributed by atoms with van der Waals surface area (Å²) in [6.45, 7) is 9.67. The van der Waals surface area contributed by atoms with Gasteiger partial charge in [-0.15, -0.1) is 22.7 Å². The first-order chi connectivity index (χ1) is 14.7. The molecular formula is C23H32N2O3S2. The number of thiophene rings is 2. The summed E-state index contributed by atoms with van der Waals surface area (Å²) in [5, 5.41) is 8.88. The van der Waals surface area contributed by atoms with E-state index in [9.17, 15) is 4.79 Å². The third-order valence-corrected chi connectivity index (χ3v) is 7.39. The van der Waals surface area contributed by atoms with Crippen molar-refractivity contribution in [3.63, 3.8) is 0 Å². The number of oxime groups is 1. The summed E-state index contributed by atoms with van der Waals surface area (Å²) in [6, 6.07) is 4.36. The van der Waals surface area contributed by atoms with Crippen LogP contribution in [0, 0.1) is 5.92 Å². The highest BCUT2D eigenvalue weighted by atomic mass is 32.1. The van der Waals surface area contributed by atoms with Crippen molar-refractivity contribution < 1.29 is 14.4 Å². The van der Waals surface area contributed by atoms with E-state index in [-0.39, 0.29) is 11.9 Å². The molecule has 1 fully saturated rings. The SMILES string of the molecule is CCOC(=O)[C@@H]1CCCN(CCON=C(c2sccc2CC)c2sccc2CC)C1.